The second kappa shape index (κ2) is 7.67. The number of nitrogens with zero attached hydrogens (tertiary/aromatic N) is 2. The molecule has 5 nitrogen and oxygen atoms in total. The molecule has 4 aliphatic rings. The van der Waals surface area contributed by atoms with Gasteiger partial charge >= 0.3 is 0 Å². The Morgan fingerprint density at radius 1 is 1.22 bits per heavy atom. The fraction of sp³-hybridized carbons (Fsp3) is 0.500. The van der Waals surface area contributed by atoms with E-state index in [0.29, 0.717) is 30.5 Å². The molecular formula is C22H28N4O. The number of rotatable bonds is 4. The summed E-state index contributed by atoms with van der Waals surface area (Å²) < 4.78 is 0. The van der Waals surface area contributed by atoms with Crippen molar-refractivity contribution in [2.45, 2.75) is 57.0 Å². The lowest BCUT2D eigenvalue weighted by atomic mass is 9.87. The van der Waals surface area contributed by atoms with Crippen molar-refractivity contribution < 1.29 is 4.79 Å². The Morgan fingerprint density at radius 3 is 2.70 bits per heavy atom. The standard InChI is InChI=1S/C22H28N4O/c23-13-17-12-19(9-10-20(17)24)26(18-7-8-18)22(27)16-6-11-21(25-14-16)15-4-2-1-3-5-15/h1-4,11,13-16,18-19,24H,5-10,12,23H2. The maximum absolute atomic E-state index is 13.3. The molecule has 0 saturated heterocycles. The summed E-state index contributed by atoms with van der Waals surface area (Å²) in [6, 6.07) is 0.526. The molecule has 5 heteroatoms. The Balaban J connectivity index is 1.44. The summed E-state index contributed by atoms with van der Waals surface area (Å²) in [7, 11) is 0. The van der Waals surface area contributed by atoms with Crippen LogP contribution in [0.15, 0.2) is 52.8 Å². The van der Waals surface area contributed by atoms with Crippen LogP contribution in [0.2, 0.25) is 0 Å². The van der Waals surface area contributed by atoms with Gasteiger partial charge in [-0.3, -0.25) is 9.79 Å². The average molecular weight is 364 g/mol. The van der Waals surface area contributed by atoms with E-state index >= 15 is 0 Å². The van der Waals surface area contributed by atoms with Gasteiger partial charge in [-0.25, -0.2) is 0 Å². The van der Waals surface area contributed by atoms with E-state index in [0.717, 1.165) is 43.4 Å². The number of aliphatic imine (C=N–C) groups is 1. The van der Waals surface area contributed by atoms with Gasteiger partial charge in [-0.15, -0.1) is 0 Å². The quantitative estimate of drug-likeness (QED) is 0.800. The van der Waals surface area contributed by atoms with Crippen LogP contribution in [-0.2, 0) is 4.79 Å². The lowest BCUT2D eigenvalue weighted by Crippen LogP contribution is -2.47. The van der Waals surface area contributed by atoms with Crippen molar-refractivity contribution in [3.05, 3.63) is 47.9 Å². The van der Waals surface area contributed by atoms with Gasteiger partial charge in [-0.2, -0.15) is 0 Å². The van der Waals surface area contributed by atoms with Gasteiger partial charge in [0.1, 0.15) is 0 Å². The number of nitrogens with one attached hydrogen (secondary N) is 1. The van der Waals surface area contributed by atoms with Crippen molar-refractivity contribution >= 4 is 17.8 Å². The highest BCUT2D eigenvalue weighted by Crippen LogP contribution is 2.36. The minimum absolute atomic E-state index is 0.163. The van der Waals surface area contributed by atoms with E-state index in [1.165, 1.54) is 0 Å². The Kier molecular flexibility index (Phi) is 5.10. The topological polar surface area (TPSA) is 82.5 Å². The van der Waals surface area contributed by atoms with Crippen LogP contribution < -0.4 is 5.73 Å². The van der Waals surface area contributed by atoms with Crippen LogP contribution in [0.4, 0.5) is 0 Å². The highest BCUT2D eigenvalue weighted by Gasteiger charge is 2.41. The molecular weight excluding hydrogens is 336 g/mol. The molecule has 0 radical (unpaired) electrons. The summed E-state index contributed by atoms with van der Waals surface area (Å²) in [5.41, 5.74) is 8.30. The van der Waals surface area contributed by atoms with E-state index < -0.39 is 0 Å². The van der Waals surface area contributed by atoms with Crippen LogP contribution in [0.5, 0.6) is 0 Å². The molecule has 0 aromatic heterocycles. The van der Waals surface area contributed by atoms with E-state index in [2.05, 4.69) is 40.3 Å². The molecule has 2 saturated carbocycles. The molecule has 0 aromatic carbocycles. The van der Waals surface area contributed by atoms with E-state index in [4.69, 9.17) is 11.1 Å². The van der Waals surface area contributed by atoms with Gasteiger partial charge in [-0.05, 0) is 56.7 Å². The molecule has 0 spiro atoms. The zero-order valence-electron chi connectivity index (χ0n) is 15.7. The molecule has 27 heavy (non-hydrogen) atoms. The van der Waals surface area contributed by atoms with Crippen molar-refractivity contribution in [2.24, 2.45) is 22.6 Å². The summed E-state index contributed by atoms with van der Waals surface area (Å²) in [5, 5.41) is 8.03. The number of hydrogen-bond acceptors (Lipinski definition) is 4. The summed E-state index contributed by atoms with van der Waals surface area (Å²) in [4.78, 5) is 20.1. The van der Waals surface area contributed by atoms with Gasteiger partial charge in [-0.1, -0.05) is 30.4 Å². The van der Waals surface area contributed by atoms with E-state index in [9.17, 15) is 4.79 Å². The van der Waals surface area contributed by atoms with Gasteiger partial charge in [0.05, 0.1) is 5.92 Å². The normalized spacial score (nSPS) is 31.9. The van der Waals surface area contributed by atoms with Crippen molar-refractivity contribution in [3.63, 3.8) is 0 Å². The SMILES string of the molecule is N=C1CCC(N(C(=O)C2C=NC(C3C=CC=CC3)=CC2)C2CC2)CC1=CN. The second-order valence-electron chi connectivity index (χ2n) is 7.95. The number of hydrogen-bond donors (Lipinski definition) is 2. The predicted octanol–water partition coefficient (Wildman–Crippen LogP) is 3.50. The summed E-state index contributed by atoms with van der Waals surface area (Å²) in [6.07, 6.45) is 20.2. The first-order chi connectivity index (χ1) is 13.2. The fourth-order valence-corrected chi connectivity index (χ4v) is 4.31. The summed E-state index contributed by atoms with van der Waals surface area (Å²) in [6.45, 7) is 0. The molecule has 3 atom stereocenters. The summed E-state index contributed by atoms with van der Waals surface area (Å²) in [5.74, 6) is 0.373. The molecule has 0 bridgehead atoms. The van der Waals surface area contributed by atoms with Gasteiger partial charge in [0, 0.05) is 35.6 Å². The van der Waals surface area contributed by atoms with Crippen LogP contribution in [0.3, 0.4) is 0 Å². The van der Waals surface area contributed by atoms with Crippen LogP contribution in [-0.4, -0.2) is 34.8 Å². The Labute approximate surface area is 160 Å². The Bertz CT molecular complexity index is 769. The molecule has 1 heterocycles. The number of amides is 1. The zero-order chi connectivity index (χ0) is 18.8. The highest BCUT2D eigenvalue weighted by atomic mass is 16.2. The summed E-state index contributed by atoms with van der Waals surface area (Å²) >= 11 is 0. The van der Waals surface area contributed by atoms with Crippen molar-refractivity contribution in [1.29, 1.82) is 5.41 Å². The van der Waals surface area contributed by atoms with Gasteiger partial charge < -0.3 is 16.0 Å². The number of carbonyl (C=O) groups is 1. The third kappa shape index (κ3) is 3.82. The van der Waals surface area contributed by atoms with Crippen molar-refractivity contribution in [1.82, 2.24) is 4.90 Å². The van der Waals surface area contributed by atoms with Crippen molar-refractivity contribution in [2.75, 3.05) is 0 Å². The first-order valence-corrected chi connectivity index (χ1v) is 10.1. The average Bonchev–Trinajstić information content (AvgIpc) is 3.55. The first-order valence-electron chi connectivity index (χ1n) is 10.1. The molecule has 2 fully saturated rings. The molecule has 4 rings (SSSR count). The van der Waals surface area contributed by atoms with E-state index in [-0.39, 0.29) is 17.9 Å². The van der Waals surface area contributed by atoms with Crippen molar-refractivity contribution in [3.8, 4) is 0 Å². The Hall–Kier alpha value is -2.43. The third-order valence-corrected chi connectivity index (χ3v) is 6.02. The zero-order valence-corrected chi connectivity index (χ0v) is 15.7. The first kappa shape index (κ1) is 18.0. The largest absolute Gasteiger partial charge is 0.404 e. The predicted molar refractivity (Wildman–Crippen MR) is 109 cm³/mol. The molecule has 1 aliphatic heterocycles. The van der Waals surface area contributed by atoms with Crippen LogP contribution in [0.1, 0.15) is 44.9 Å². The Morgan fingerprint density at radius 2 is 2.07 bits per heavy atom. The smallest absolute Gasteiger partial charge is 0.231 e. The number of carbonyl (C=O) groups excluding carboxylic acids is 1. The fourth-order valence-electron chi connectivity index (χ4n) is 4.31. The highest BCUT2D eigenvalue weighted by molar-refractivity contribution is 5.99. The lowest BCUT2D eigenvalue weighted by Gasteiger charge is -2.37. The van der Waals surface area contributed by atoms with Crippen LogP contribution in [0.25, 0.3) is 0 Å². The lowest BCUT2D eigenvalue weighted by molar-refractivity contribution is -0.136. The minimum atomic E-state index is -0.163. The maximum Gasteiger partial charge on any atom is 0.231 e. The molecule has 3 unspecified atom stereocenters. The maximum atomic E-state index is 13.3. The van der Waals surface area contributed by atoms with Gasteiger partial charge in [0.15, 0.2) is 0 Å². The number of allylic oxidation sites excluding steroid dienone is 5. The second-order valence-corrected chi connectivity index (χ2v) is 7.95. The minimum Gasteiger partial charge on any atom is -0.404 e. The molecule has 0 aromatic rings. The van der Waals surface area contributed by atoms with E-state index in [1.807, 2.05) is 6.21 Å². The van der Waals surface area contributed by atoms with E-state index in [1.54, 1.807) is 6.20 Å². The van der Waals surface area contributed by atoms with Crippen LogP contribution >= 0.6 is 0 Å². The van der Waals surface area contributed by atoms with Gasteiger partial charge in [0.2, 0.25) is 5.91 Å². The monoisotopic (exact) mass is 364 g/mol. The molecule has 142 valence electrons. The molecule has 3 N–H and O–H groups in total. The number of nitrogens with two attached hydrogens (primary N) is 1. The molecule has 1 amide bonds. The third-order valence-electron chi connectivity index (χ3n) is 6.02. The molecule has 3 aliphatic carbocycles. The van der Waals surface area contributed by atoms with Gasteiger partial charge in [0.25, 0.3) is 0 Å². The van der Waals surface area contributed by atoms with Crippen LogP contribution in [0, 0.1) is 17.2 Å².